The quantitative estimate of drug-likeness (QED) is 0.643. The molecule has 0 unspecified atom stereocenters. The topological polar surface area (TPSA) is 54.2 Å². The van der Waals surface area contributed by atoms with Crippen molar-refractivity contribution >= 4 is 17.4 Å². The number of aliphatic imine (C=N–C) groups is 2. The molecule has 20 heavy (non-hydrogen) atoms. The third-order valence-corrected chi connectivity index (χ3v) is 2.50. The van der Waals surface area contributed by atoms with Crippen molar-refractivity contribution in [3.05, 3.63) is 54.6 Å². The molecule has 0 aromatic heterocycles. The first kappa shape index (κ1) is 14.0. The zero-order chi connectivity index (χ0) is 14.0. The van der Waals surface area contributed by atoms with Crippen LogP contribution in [0.5, 0.6) is 5.75 Å². The van der Waals surface area contributed by atoms with Gasteiger partial charge in [0.05, 0.1) is 18.0 Å². The van der Waals surface area contributed by atoms with E-state index in [0.29, 0.717) is 13.0 Å². The van der Waals surface area contributed by atoms with E-state index < -0.39 is 0 Å². The lowest BCUT2D eigenvalue weighted by Crippen LogP contribution is -1.99. The Morgan fingerprint density at radius 3 is 2.50 bits per heavy atom. The summed E-state index contributed by atoms with van der Waals surface area (Å²) in [6, 6.07) is 19.6. The second-order valence-corrected chi connectivity index (χ2v) is 4.08. The molecule has 2 aromatic carbocycles. The monoisotopic (exact) mass is 268 g/mol. The number of hydrogen-bond donors (Lipinski definition) is 1. The number of para-hydroxylation sites is 1. The second kappa shape index (κ2) is 7.89. The van der Waals surface area contributed by atoms with Crippen molar-refractivity contribution in [1.82, 2.24) is 0 Å². The fraction of sp³-hybridized carbons (Fsp3) is 0.188. The van der Waals surface area contributed by atoms with Crippen LogP contribution >= 0.6 is 0 Å². The van der Waals surface area contributed by atoms with Crippen LogP contribution in [-0.2, 0) is 0 Å². The van der Waals surface area contributed by atoms with Crippen molar-refractivity contribution in [3.63, 3.8) is 0 Å². The van der Waals surface area contributed by atoms with Gasteiger partial charge in [-0.25, -0.2) is 0 Å². The summed E-state index contributed by atoms with van der Waals surface area (Å²) in [6.45, 7) is 0.614. The number of hydrogen-bond acceptors (Lipinski definition) is 4. The molecule has 0 bridgehead atoms. The third kappa shape index (κ3) is 4.69. The van der Waals surface area contributed by atoms with E-state index in [9.17, 15) is 0 Å². The lowest BCUT2D eigenvalue weighted by molar-refractivity contribution is 0.233. The molecule has 0 spiro atoms. The summed E-state index contributed by atoms with van der Waals surface area (Å²) in [4.78, 5) is 8.26. The van der Waals surface area contributed by atoms with E-state index in [1.807, 2.05) is 54.6 Å². The fourth-order valence-electron chi connectivity index (χ4n) is 1.54. The largest absolute Gasteiger partial charge is 0.493 e. The number of ether oxygens (including phenoxy) is 1. The molecular formula is C16H16N2O2. The van der Waals surface area contributed by atoms with Gasteiger partial charge in [-0.15, -0.1) is 0 Å². The van der Waals surface area contributed by atoms with Crippen molar-refractivity contribution in [3.8, 4) is 5.75 Å². The molecule has 4 nitrogen and oxygen atoms in total. The van der Waals surface area contributed by atoms with Crippen molar-refractivity contribution in [2.75, 3.05) is 13.2 Å². The highest BCUT2D eigenvalue weighted by Gasteiger charge is 1.95. The Balaban J connectivity index is 2.02. The minimum Gasteiger partial charge on any atom is -0.493 e. The molecule has 0 heterocycles. The lowest BCUT2D eigenvalue weighted by atomic mass is 10.3. The average Bonchev–Trinajstić information content (AvgIpc) is 2.49. The van der Waals surface area contributed by atoms with Gasteiger partial charge in [0, 0.05) is 19.1 Å². The Labute approximate surface area is 118 Å². The van der Waals surface area contributed by atoms with Crippen LogP contribution in [0.15, 0.2) is 64.6 Å². The molecule has 0 amide bonds. The third-order valence-electron chi connectivity index (χ3n) is 2.50. The van der Waals surface area contributed by atoms with E-state index in [-0.39, 0.29) is 6.61 Å². The van der Waals surface area contributed by atoms with Crippen LogP contribution in [-0.4, -0.2) is 24.3 Å². The SMILES string of the molecule is OCCCOc1cccc(N=C=Nc2ccccc2)c1. The maximum atomic E-state index is 8.70. The van der Waals surface area contributed by atoms with Gasteiger partial charge in [-0.2, -0.15) is 9.98 Å². The van der Waals surface area contributed by atoms with Crippen molar-refractivity contribution in [2.24, 2.45) is 9.98 Å². The highest BCUT2D eigenvalue weighted by Crippen LogP contribution is 2.19. The maximum absolute atomic E-state index is 8.70. The molecule has 4 heteroatoms. The van der Waals surface area contributed by atoms with Crippen LogP contribution in [0.3, 0.4) is 0 Å². The highest BCUT2D eigenvalue weighted by molar-refractivity contribution is 5.58. The molecular weight excluding hydrogens is 252 g/mol. The van der Waals surface area contributed by atoms with Crippen LogP contribution < -0.4 is 4.74 Å². The molecule has 0 saturated carbocycles. The molecule has 102 valence electrons. The number of rotatable bonds is 6. The zero-order valence-electron chi connectivity index (χ0n) is 11.1. The van der Waals surface area contributed by atoms with E-state index in [2.05, 4.69) is 16.0 Å². The molecule has 0 aliphatic rings. The molecule has 0 saturated heterocycles. The number of nitrogens with zero attached hydrogens (tertiary/aromatic N) is 2. The van der Waals surface area contributed by atoms with Gasteiger partial charge in [0.25, 0.3) is 0 Å². The molecule has 0 radical (unpaired) electrons. The van der Waals surface area contributed by atoms with E-state index in [4.69, 9.17) is 9.84 Å². The van der Waals surface area contributed by atoms with Crippen LogP contribution in [0.2, 0.25) is 0 Å². The van der Waals surface area contributed by atoms with E-state index in [0.717, 1.165) is 17.1 Å². The summed E-state index contributed by atoms with van der Waals surface area (Å²) in [5.74, 6) is 0.723. The van der Waals surface area contributed by atoms with Crippen LogP contribution in [0, 0.1) is 0 Å². The van der Waals surface area contributed by atoms with Crippen molar-refractivity contribution in [1.29, 1.82) is 0 Å². The first-order valence-corrected chi connectivity index (χ1v) is 6.44. The van der Waals surface area contributed by atoms with Crippen LogP contribution in [0.25, 0.3) is 0 Å². The zero-order valence-corrected chi connectivity index (χ0v) is 11.1. The first-order valence-electron chi connectivity index (χ1n) is 6.44. The molecule has 0 fully saturated rings. The molecule has 2 rings (SSSR count). The Kier molecular flexibility index (Phi) is 5.53. The molecule has 1 N–H and O–H groups in total. The van der Waals surface area contributed by atoms with Gasteiger partial charge in [0.2, 0.25) is 0 Å². The van der Waals surface area contributed by atoms with E-state index >= 15 is 0 Å². The molecule has 0 aliphatic carbocycles. The Bertz CT molecular complexity index is 590. The average molecular weight is 268 g/mol. The standard InChI is InChI=1S/C16H16N2O2/c19-10-5-11-20-16-9-4-8-15(12-16)18-13-17-14-6-2-1-3-7-14/h1-4,6-9,12,19H,5,10-11H2. The Morgan fingerprint density at radius 1 is 0.950 bits per heavy atom. The second-order valence-electron chi connectivity index (χ2n) is 4.08. The minimum atomic E-state index is 0.127. The summed E-state index contributed by atoms with van der Waals surface area (Å²) in [5, 5.41) is 8.70. The van der Waals surface area contributed by atoms with Crippen molar-refractivity contribution < 1.29 is 9.84 Å². The molecule has 2 aromatic rings. The van der Waals surface area contributed by atoms with E-state index in [1.165, 1.54) is 0 Å². The lowest BCUT2D eigenvalue weighted by Gasteiger charge is -2.04. The van der Waals surface area contributed by atoms with Crippen LogP contribution in [0.4, 0.5) is 11.4 Å². The molecule has 0 aliphatic heterocycles. The summed E-state index contributed by atoms with van der Waals surface area (Å²) in [5.41, 5.74) is 1.54. The number of aliphatic hydroxyl groups excluding tert-OH is 1. The minimum absolute atomic E-state index is 0.127. The van der Waals surface area contributed by atoms with Gasteiger partial charge in [-0.05, 0) is 24.3 Å². The van der Waals surface area contributed by atoms with Gasteiger partial charge < -0.3 is 9.84 Å². The first-order chi connectivity index (χ1) is 9.88. The smallest absolute Gasteiger partial charge is 0.121 e. The summed E-state index contributed by atoms with van der Waals surface area (Å²) < 4.78 is 5.47. The fourth-order valence-corrected chi connectivity index (χ4v) is 1.54. The highest BCUT2D eigenvalue weighted by atomic mass is 16.5. The van der Waals surface area contributed by atoms with Crippen LogP contribution in [0.1, 0.15) is 6.42 Å². The van der Waals surface area contributed by atoms with Gasteiger partial charge in [0.15, 0.2) is 0 Å². The van der Waals surface area contributed by atoms with Gasteiger partial charge in [-0.1, -0.05) is 24.3 Å². The van der Waals surface area contributed by atoms with Gasteiger partial charge in [0.1, 0.15) is 11.8 Å². The number of benzene rings is 2. The Morgan fingerprint density at radius 2 is 1.70 bits per heavy atom. The number of aliphatic hydroxyl groups is 1. The Hall–Kier alpha value is -2.42. The summed E-state index contributed by atoms with van der Waals surface area (Å²) in [7, 11) is 0. The predicted molar refractivity (Wildman–Crippen MR) is 79.3 cm³/mol. The molecule has 0 atom stereocenters. The van der Waals surface area contributed by atoms with Crippen molar-refractivity contribution in [2.45, 2.75) is 6.42 Å². The van der Waals surface area contributed by atoms with Gasteiger partial charge >= 0.3 is 0 Å². The normalized spacial score (nSPS) is 9.65. The summed E-state index contributed by atoms with van der Waals surface area (Å²) in [6.07, 6.45) is 0.614. The summed E-state index contributed by atoms with van der Waals surface area (Å²) >= 11 is 0. The van der Waals surface area contributed by atoms with E-state index in [1.54, 1.807) is 0 Å². The van der Waals surface area contributed by atoms with Gasteiger partial charge in [-0.3, -0.25) is 0 Å². The predicted octanol–water partition coefficient (Wildman–Crippen LogP) is 3.58. The maximum Gasteiger partial charge on any atom is 0.121 e.